The van der Waals surface area contributed by atoms with Crippen LogP contribution in [0.2, 0.25) is 0 Å². The second-order valence-corrected chi connectivity index (χ2v) is 2.42. The van der Waals surface area contributed by atoms with E-state index < -0.39 is 6.10 Å². The lowest BCUT2D eigenvalue weighted by atomic mass is 10.1. The largest absolute Gasteiger partial charge is 0.389 e. The Hall–Kier alpha value is -0.570. The summed E-state index contributed by atoms with van der Waals surface area (Å²) in [7, 11) is 0. The highest BCUT2D eigenvalue weighted by atomic mass is 16.6. The number of hydrogen-bond acceptors (Lipinski definition) is 3. The average Bonchev–Trinajstić information content (AvgIpc) is 2.14. The number of hydrogen-bond donors (Lipinski definition) is 1. The summed E-state index contributed by atoms with van der Waals surface area (Å²) in [5.74, 6) is 0. The van der Waals surface area contributed by atoms with E-state index in [1.165, 1.54) is 0 Å². The van der Waals surface area contributed by atoms with Crippen molar-refractivity contribution in [2.45, 2.75) is 32.5 Å². The van der Waals surface area contributed by atoms with Gasteiger partial charge in [0.1, 0.15) is 0 Å². The van der Waals surface area contributed by atoms with Gasteiger partial charge >= 0.3 is 0 Å². The van der Waals surface area contributed by atoms with Gasteiger partial charge in [-0.1, -0.05) is 5.16 Å². The third kappa shape index (κ3) is 1.42. The summed E-state index contributed by atoms with van der Waals surface area (Å²) in [6.45, 7) is 3.60. The minimum Gasteiger partial charge on any atom is -0.389 e. The molecule has 9 heavy (non-hydrogen) atoms. The van der Waals surface area contributed by atoms with Crippen LogP contribution in [0.3, 0.4) is 0 Å². The summed E-state index contributed by atoms with van der Waals surface area (Å²) in [5.41, 5.74) is 0.959. The Labute approximate surface area is 54.3 Å². The minimum absolute atomic E-state index is 0.106. The molecule has 1 aliphatic rings. The molecule has 0 amide bonds. The Kier molecular flexibility index (Phi) is 1.71. The molecule has 0 bridgehead atoms. The second-order valence-electron chi connectivity index (χ2n) is 2.42. The molecule has 52 valence electrons. The summed E-state index contributed by atoms with van der Waals surface area (Å²) >= 11 is 0. The smallest absolute Gasteiger partial charge is 0.158 e. The predicted molar refractivity (Wildman–Crippen MR) is 34.3 cm³/mol. The Bertz CT molecular complexity index is 131. The normalized spacial score (nSPS) is 29.2. The molecule has 0 saturated carbocycles. The van der Waals surface area contributed by atoms with Crippen molar-refractivity contribution in [2.75, 3.05) is 0 Å². The average molecular weight is 129 g/mol. The second kappa shape index (κ2) is 2.35. The van der Waals surface area contributed by atoms with E-state index >= 15 is 0 Å². The van der Waals surface area contributed by atoms with E-state index in [0.717, 1.165) is 12.1 Å². The Morgan fingerprint density at radius 2 is 2.56 bits per heavy atom. The predicted octanol–water partition coefficient (Wildman–Crippen LogP) is 0.532. The van der Waals surface area contributed by atoms with Gasteiger partial charge in [0.05, 0.1) is 11.8 Å². The van der Waals surface area contributed by atoms with Gasteiger partial charge in [0.2, 0.25) is 0 Å². The van der Waals surface area contributed by atoms with E-state index in [4.69, 9.17) is 9.94 Å². The van der Waals surface area contributed by atoms with Crippen molar-refractivity contribution in [2.24, 2.45) is 5.16 Å². The summed E-state index contributed by atoms with van der Waals surface area (Å²) in [4.78, 5) is 4.86. The molecule has 2 atom stereocenters. The van der Waals surface area contributed by atoms with E-state index in [-0.39, 0.29) is 6.10 Å². The molecule has 3 heteroatoms. The molecule has 0 aromatic rings. The molecule has 0 aromatic carbocycles. The van der Waals surface area contributed by atoms with Crippen LogP contribution in [0.25, 0.3) is 0 Å². The zero-order valence-corrected chi connectivity index (χ0v) is 5.66. The maximum Gasteiger partial charge on any atom is 0.158 e. The highest BCUT2D eigenvalue weighted by molar-refractivity contribution is 5.82. The first-order valence-corrected chi connectivity index (χ1v) is 3.07. The molecular weight excluding hydrogens is 118 g/mol. The number of oxime groups is 1. The summed E-state index contributed by atoms with van der Waals surface area (Å²) < 4.78 is 0. The van der Waals surface area contributed by atoms with E-state index in [2.05, 4.69) is 5.16 Å². The first-order chi connectivity index (χ1) is 4.20. The van der Waals surface area contributed by atoms with Crippen LogP contribution in [0, 0.1) is 0 Å². The zero-order valence-electron chi connectivity index (χ0n) is 5.66. The molecule has 1 N–H and O–H groups in total. The molecule has 0 fully saturated rings. The fourth-order valence-corrected chi connectivity index (χ4v) is 0.782. The minimum atomic E-state index is -0.411. The van der Waals surface area contributed by atoms with Crippen LogP contribution in [-0.2, 0) is 4.84 Å². The number of aliphatic hydroxyl groups is 1. The lowest BCUT2D eigenvalue weighted by Crippen LogP contribution is -2.22. The molecule has 0 aliphatic carbocycles. The van der Waals surface area contributed by atoms with Crippen molar-refractivity contribution in [3.8, 4) is 0 Å². The summed E-state index contributed by atoms with van der Waals surface area (Å²) in [6, 6.07) is 0. The van der Waals surface area contributed by atoms with E-state index in [1.807, 2.05) is 6.92 Å². The van der Waals surface area contributed by atoms with Gasteiger partial charge in [0, 0.05) is 6.42 Å². The molecule has 1 rings (SSSR count). The number of aliphatic hydroxyl groups excluding tert-OH is 1. The third-order valence-corrected chi connectivity index (χ3v) is 1.38. The van der Waals surface area contributed by atoms with Gasteiger partial charge in [-0.2, -0.15) is 0 Å². The van der Waals surface area contributed by atoms with Crippen molar-refractivity contribution in [3.05, 3.63) is 0 Å². The first kappa shape index (κ1) is 6.55. The van der Waals surface area contributed by atoms with Crippen molar-refractivity contribution in [1.29, 1.82) is 0 Å². The lowest BCUT2D eigenvalue weighted by molar-refractivity contribution is -0.00780. The topological polar surface area (TPSA) is 41.8 Å². The van der Waals surface area contributed by atoms with Crippen molar-refractivity contribution in [3.63, 3.8) is 0 Å². The van der Waals surface area contributed by atoms with E-state index in [9.17, 15) is 0 Å². The first-order valence-electron chi connectivity index (χ1n) is 3.07. The fraction of sp³-hybridized carbons (Fsp3) is 0.833. The highest BCUT2D eigenvalue weighted by Crippen LogP contribution is 2.12. The molecule has 2 unspecified atom stereocenters. The van der Waals surface area contributed by atoms with Crippen LogP contribution in [0.5, 0.6) is 0 Å². The van der Waals surface area contributed by atoms with E-state index in [1.54, 1.807) is 6.92 Å². The Morgan fingerprint density at radius 1 is 1.89 bits per heavy atom. The molecule has 0 saturated heterocycles. The standard InChI is InChI=1S/C6H11NO2/c1-4-3-6(5(2)8)9-7-4/h5-6,8H,3H2,1-2H3. The van der Waals surface area contributed by atoms with Crippen LogP contribution >= 0.6 is 0 Å². The van der Waals surface area contributed by atoms with Crippen LogP contribution in [0.4, 0.5) is 0 Å². The van der Waals surface area contributed by atoms with Gasteiger partial charge < -0.3 is 9.94 Å². The molecule has 1 aliphatic heterocycles. The summed E-state index contributed by atoms with van der Waals surface area (Å²) in [5, 5.41) is 12.7. The molecule has 3 nitrogen and oxygen atoms in total. The number of nitrogens with zero attached hydrogens (tertiary/aromatic N) is 1. The SMILES string of the molecule is CC1=NOC(C(C)O)C1. The van der Waals surface area contributed by atoms with Crippen LogP contribution < -0.4 is 0 Å². The maximum absolute atomic E-state index is 8.97. The van der Waals surface area contributed by atoms with Crippen molar-refractivity contribution in [1.82, 2.24) is 0 Å². The molecule has 1 heterocycles. The van der Waals surface area contributed by atoms with Crippen LogP contribution in [0.15, 0.2) is 5.16 Å². The van der Waals surface area contributed by atoms with Gasteiger partial charge in [-0.25, -0.2) is 0 Å². The fourth-order valence-electron chi connectivity index (χ4n) is 0.782. The van der Waals surface area contributed by atoms with Gasteiger partial charge in [-0.3, -0.25) is 0 Å². The maximum atomic E-state index is 8.97. The van der Waals surface area contributed by atoms with E-state index in [0.29, 0.717) is 0 Å². The quantitative estimate of drug-likeness (QED) is 0.561. The molecule has 0 aromatic heterocycles. The zero-order chi connectivity index (χ0) is 6.85. The van der Waals surface area contributed by atoms with Crippen molar-refractivity contribution < 1.29 is 9.94 Å². The lowest BCUT2D eigenvalue weighted by Gasteiger charge is -2.09. The molecule has 0 radical (unpaired) electrons. The van der Waals surface area contributed by atoms with Gasteiger partial charge in [-0.15, -0.1) is 0 Å². The number of rotatable bonds is 1. The van der Waals surface area contributed by atoms with Crippen LogP contribution in [-0.4, -0.2) is 23.0 Å². The third-order valence-electron chi connectivity index (χ3n) is 1.38. The summed E-state index contributed by atoms with van der Waals surface area (Å²) in [6.07, 6.45) is 0.244. The van der Waals surface area contributed by atoms with Gasteiger partial charge in [-0.05, 0) is 13.8 Å². The van der Waals surface area contributed by atoms with Crippen LogP contribution in [0.1, 0.15) is 20.3 Å². The monoisotopic (exact) mass is 129 g/mol. The van der Waals surface area contributed by atoms with Crippen molar-refractivity contribution >= 4 is 5.71 Å². The Balaban J connectivity index is 2.37. The van der Waals surface area contributed by atoms with Gasteiger partial charge in [0.15, 0.2) is 6.10 Å². The molecule has 0 spiro atoms. The molecular formula is C6H11NO2. The Morgan fingerprint density at radius 3 is 2.78 bits per heavy atom. The van der Waals surface area contributed by atoms with Gasteiger partial charge in [0.25, 0.3) is 0 Å². The highest BCUT2D eigenvalue weighted by Gasteiger charge is 2.22.